The molecule has 0 bridgehead atoms. The fourth-order valence-electron chi connectivity index (χ4n) is 2.94. The van der Waals surface area contributed by atoms with Gasteiger partial charge < -0.3 is 20.7 Å². The summed E-state index contributed by atoms with van der Waals surface area (Å²) in [5.74, 6) is -2.81. The fraction of sp³-hybridized carbons (Fsp3) is 0.0870. The lowest BCUT2D eigenvalue weighted by Crippen LogP contribution is -2.21. The van der Waals surface area contributed by atoms with Crippen LogP contribution in [0.2, 0.25) is 0 Å². The van der Waals surface area contributed by atoms with Crippen molar-refractivity contribution in [3.63, 3.8) is 0 Å². The quantitative estimate of drug-likeness (QED) is 0.255. The molecule has 7 nitrogen and oxygen atoms in total. The SMILES string of the molecule is O=C(Cc1c[nH]c2ccccc12)Nc1ccc(Nc2cccnc2)c(Br)c1.O=C(O)C(F)(F)F. The average Bonchev–Trinajstić information content (AvgIpc) is 3.19. The summed E-state index contributed by atoms with van der Waals surface area (Å²) in [4.78, 5) is 28.6. The molecular formula is C23H18BrF3N4O3. The van der Waals surface area contributed by atoms with Crippen LogP contribution in [0.15, 0.2) is 77.7 Å². The van der Waals surface area contributed by atoms with Crippen LogP contribution >= 0.6 is 15.9 Å². The van der Waals surface area contributed by atoms with E-state index in [1.165, 1.54) is 0 Å². The molecule has 0 unspecified atom stereocenters. The first-order chi connectivity index (χ1) is 16.1. The summed E-state index contributed by atoms with van der Waals surface area (Å²) in [6, 6.07) is 17.4. The molecule has 2 aromatic heterocycles. The van der Waals surface area contributed by atoms with Gasteiger partial charge in [0.1, 0.15) is 0 Å². The Morgan fingerprint density at radius 3 is 2.44 bits per heavy atom. The first kappa shape index (κ1) is 24.8. The molecule has 0 radical (unpaired) electrons. The number of hydrogen-bond donors (Lipinski definition) is 4. The van der Waals surface area contributed by atoms with Crippen molar-refractivity contribution in [3.8, 4) is 0 Å². The van der Waals surface area contributed by atoms with E-state index in [9.17, 15) is 18.0 Å². The second-order valence-electron chi connectivity index (χ2n) is 6.95. The van der Waals surface area contributed by atoms with Crippen LogP contribution in [0.1, 0.15) is 5.56 Å². The molecule has 0 aliphatic rings. The van der Waals surface area contributed by atoms with Crippen LogP contribution in [0, 0.1) is 0 Å². The minimum Gasteiger partial charge on any atom is -0.475 e. The minimum atomic E-state index is -5.08. The van der Waals surface area contributed by atoms with Gasteiger partial charge in [-0.2, -0.15) is 13.2 Å². The van der Waals surface area contributed by atoms with Crippen molar-refractivity contribution in [1.29, 1.82) is 0 Å². The largest absolute Gasteiger partial charge is 0.490 e. The molecule has 2 heterocycles. The van der Waals surface area contributed by atoms with Gasteiger partial charge in [-0.05, 0) is 57.9 Å². The average molecular weight is 535 g/mol. The molecule has 0 fully saturated rings. The number of nitrogens with one attached hydrogen (secondary N) is 3. The lowest BCUT2D eigenvalue weighted by atomic mass is 10.1. The summed E-state index contributed by atoms with van der Waals surface area (Å²) in [5, 5.41) is 14.4. The molecule has 0 aliphatic heterocycles. The topological polar surface area (TPSA) is 107 Å². The third-order valence-electron chi connectivity index (χ3n) is 4.46. The van der Waals surface area contributed by atoms with E-state index in [2.05, 4.69) is 36.5 Å². The van der Waals surface area contributed by atoms with Gasteiger partial charge in [0.2, 0.25) is 5.91 Å². The van der Waals surface area contributed by atoms with E-state index < -0.39 is 12.1 Å². The Balaban J connectivity index is 0.000000406. The van der Waals surface area contributed by atoms with Gasteiger partial charge in [0, 0.05) is 33.5 Å². The highest BCUT2D eigenvalue weighted by atomic mass is 79.9. The molecule has 0 spiro atoms. The summed E-state index contributed by atoms with van der Waals surface area (Å²) < 4.78 is 32.6. The molecule has 4 N–H and O–H groups in total. The number of alkyl halides is 3. The monoisotopic (exact) mass is 534 g/mol. The molecule has 0 saturated heterocycles. The first-order valence-corrected chi connectivity index (χ1v) is 10.5. The van der Waals surface area contributed by atoms with E-state index in [1.807, 2.05) is 60.8 Å². The van der Waals surface area contributed by atoms with Gasteiger partial charge in [0.25, 0.3) is 0 Å². The molecular weight excluding hydrogens is 517 g/mol. The van der Waals surface area contributed by atoms with E-state index in [4.69, 9.17) is 9.90 Å². The van der Waals surface area contributed by atoms with Crippen molar-refractivity contribution in [2.45, 2.75) is 12.6 Å². The second kappa shape index (κ2) is 10.8. The van der Waals surface area contributed by atoms with E-state index in [1.54, 1.807) is 12.4 Å². The number of aromatic nitrogens is 2. The van der Waals surface area contributed by atoms with Crippen LogP contribution in [0.5, 0.6) is 0 Å². The van der Waals surface area contributed by atoms with Gasteiger partial charge in [-0.25, -0.2) is 4.79 Å². The van der Waals surface area contributed by atoms with Crippen LogP contribution in [-0.4, -0.2) is 33.1 Å². The zero-order valence-corrected chi connectivity index (χ0v) is 18.9. The number of fused-ring (bicyclic) bond motifs is 1. The van der Waals surface area contributed by atoms with E-state index in [-0.39, 0.29) is 5.91 Å². The Morgan fingerprint density at radius 2 is 1.79 bits per heavy atom. The molecule has 11 heteroatoms. The first-order valence-electron chi connectivity index (χ1n) is 9.75. The number of carbonyl (C=O) groups excluding carboxylic acids is 1. The van der Waals surface area contributed by atoms with Crippen LogP contribution < -0.4 is 10.6 Å². The van der Waals surface area contributed by atoms with Crippen molar-refractivity contribution >= 4 is 55.8 Å². The molecule has 176 valence electrons. The molecule has 1 amide bonds. The van der Waals surface area contributed by atoms with Gasteiger partial charge >= 0.3 is 12.1 Å². The molecule has 34 heavy (non-hydrogen) atoms. The Labute approximate surface area is 200 Å². The van der Waals surface area contributed by atoms with Gasteiger partial charge in [-0.15, -0.1) is 0 Å². The van der Waals surface area contributed by atoms with Crippen molar-refractivity contribution in [3.05, 3.63) is 83.2 Å². The zero-order valence-electron chi connectivity index (χ0n) is 17.4. The normalized spacial score (nSPS) is 10.8. The maximum Gasteiger partial charge on any atom is 0.490 e. The third kappa shape index (κ3) is 6.82. The highest BCUT2D eigenvalue weighted by molar-refractivity contribution is 9.10. The van der Waals surface area contributed by atoms with Gasteiger partial charge in [0.15, 0.2) is 0 Å². The Morgan fingerprint density at radius 1 is 1.06 bits per heavy atom. The second-order valence-corrected chi connectivity index (χ2v) is 7.80. The summed E-state index contributed by atoms with van der Waals surface area (Å²) >= 11 is 3.55. The summed E-state index contributed by atoms with van der Waals surface area (Å²) in [7, 11) is 0. The third-order valence-corrected chi connectivity index (χ3v) is 5.12. The number of halogens is 4. The number of aromatic amines is 1. The Kier molecular flexibility index (Phi) is 7.90. The van der Waals surface area contributed by atoms with Crippen molar-refractivity contribution < 1.29 is 27.9 Å². The summed E-state index contributed by atoms with van der Waals surface area (Å²) in [6.45, 7) is 0. The number of carboxylic acids is 1. The molecule has 4 rings (SSSR count). The predicted molar refractivity (Wildman–Crippen MR) is 126 cm³/mol. The smallest absolute Gasteiger partial charge is 0.475 e. The number of nitrogens with zero attached hydrogens (tertiary/aromatic N) is 1. The predicted octanol–water partition coefficient (Wildman–Crippen LogP) is 5.88. The van der Waals surface area contributed by atoms with Crippen LogP contribution in [-0.2, 0) is 16.0 Å². The number of carbonyl (C=O) groups is 2. The fourth-order valence-corrected chi connectivity index (χ4v) is 3.42. The number of para-hydroxylation sites is 1. The van der Waals surface area contributed by atoms with Crippen LogP contribution in [0.4, 0.5) is 30.2 Å². The molecule has 0 saturated carbocycles. The summed E-state index contributed by atoms with van der Waals surface area (Å²) in [6.07, 6.45) is 0.605. The molecule has 4 aromatic rings. The van der Waals surface area contributed by atoms with Crippen LogP contribution in [0.25, 0.3) is 10.9 Å². The number of H-pyrrole nitrogens is 1. The molecule has 0 aliphatic carbocycles. The van der Waals surface area contributed by atoms with Gasteiger partial charge in [-0.3, -0.25) is 9.78 Å². The number of aliphatic carboxylic acids is 1. The van der Waals surface area contributed by atoms with E-state index in [0.29, 0.717) is 6.42 Å². The lowest BCUT2D eigenvalue weighted by molar-refractivity contribution is -0.192. The number of anilines is 3. The Bertz CT molecular complexity index is 1290. The molecule has 0 atom stereocenters. The number of benzene rings is 2. The number of amides is 1. The standard InChI is InChI=1S/C21H17BrN4O.C2HF3O2/c22-18-11-15(7-8-20(18)25-16-4-3-9-23-13-16)26-21(27)10-14-12-24-19-6-2-1-5-17(14)19;3-2(4,5)1(6)7/h1-9,11-13,24-25H,10H2,(H,26,27);(H,6,7). The highest BCUT2D eigenvalue weighted by Crippen LogP contribution is 2.29. The van der Waals surface area contributed by atoms with Gasteiger partial charge in [-0.1, -0.05) is 18.2 Å². The zero-order chi connectivity index (χ0) is 24.7. The lowest BCUT2D eigenvalue weighted by Gasteiger charge is -2.11. The van der Waals surface area contributed by atoms with E-state index in [0.717, 1.165) is 38.0 Å². The minimum absolute atomic E-state index is 0.0559. The van der Waals surface area contributed by atoms with Crippen molar-refractivity contribution in [2.75, 3.05) is 10.6 Å². The van der Waals surface area contributed by atoms with E-state index >= 15 is 0 Å². The molecule has 2 aromatic carbocycles. The number of carboxylic acid groups (broad SMARTS) is 1. The number of hydrogen-bond acceptors (Lipinski definition) is 4. The number of pyridine rings is 1. The Hall–Kier alpha value is -3.86. The maximum atomic E-state index is 12.4. The van der Waals surface area contributed by atoms with Crippen molar-refractivity contribution in [1.82, 2.24) is 9.97 Å². The highest BCUT2D eigenvalue weighted by Gasteiger charge is 2.38. The van der Waals surface area contributed by atoms with Crippen LogP contribution in [0.3, 0.4) is 0 Å². The maximum absolute atomic E-state index is 12.4. The van der Waals surface area contributed by atoms with Crippen molar-refractivity contribution in [2.24, 2.45) is 0 Å². The summed E-state index contributed by atoms with van der Waals surface area (Å²) in [5.41, 5.74) is 4.56. The number of rotatable bonds is 5. The van der Waals surface area contributed by atoms with Gasteiger partial charge in [0.05, 0.1) is 24.0 Å².